The summed E-state index contributed by atoms with van der Waals surface area (Å²) in [7, 11) is 0. The maximum atomic E-state index is 12.5. The van der Waals surface area contributed by atoms with Gasteiger partial charge in [0.15, 0.2) is 5.75 Å². The molecule has 2 N–H and O–H groups in total. The molecule has 2 heterocycles. The van der Waals surface area contributed by atoms with Crippen LogP contribution in [0.3, 0.4) is 0 Å². The molecule has 0 saturated carbocycles. The van der Waals surface area contributed by atoms with E-state index in [4.69, 9.17) is 1.37 Å². The molecule has 5 nitrogen and oxygen atoms in total. The maximum Gasteiger partial charge on any atom is 0.573 e. The number of hydrogen-bond donors (Lipinski definition) is 2. The zero-order valence-electron chi connectivity index (χ0n) is 12.7. The number of aromatic nitrogens is 2. The molecule has 0 spiro atoms. The number of carboxylic acid groups (broad SMARTS) is 1. The monoisotopic (exact) mass is 315 g/mol. The molecule has 0 aliphatic heterocycles. The Kier molecular flexibility index (Phi) is 3.74. The minimum atomic E-state index is -4.94. The zero-order chi connectivity index (χ0) is 17.4. The number of pyridine rings is 1. The van der Waals surface area contributed by atoms with E-state index in [9.17, 15) is 23.1 Å². The molecule has 0 saturated heterocycles. The number of nitrogens with one attached hydrogen (secondary N) is 1. The van der Waals surface area contributed by atoms with Crippen LogP contribution in [0, 0.1) is 0 Å². The van der Waals surface area contributed by atoms with Crippen molar-refractivity contribution in [1.82, 2.24) is 9.97 Å². The van der Waals surface area contributed by atoms with Crippen LogP contribution >= 0.6 is 0 Å². The number of aromatic carboxylic acids is 1. The number of nitrogens with zero attached hydrogens (tertiary/aromatic N) is 1. The van der Waals surface area contributed by atoms with E-state index in [2.05, 4.69) is 14.7 Å². The highest BCUT2D eigenvalue weighted by Gasteiger charge is 2.33. The normalized spacial score (nSPS) is 12.9. The van der Waals surface area contributed by atoms with Gasteiger partial charge in [0.2, 0.25) is 0 Å². The van der Waals surface area contributed by atoms with Gasteiger partial charge in [-0.05, 0) is 24.1 Å². The van der Waals surface area contributed by atoms with E-state index in [0.717, 1.165) is 6.07 Å². The molecule has 22 heavy (non-hydrogen) atoms. The van der Waals surface area contributed by atoms with Crippen LogP contribution in [0.5, 0.6) is 5.75 Å². The van der Waals surface area contributed by atoms with Crippen LogP contribution in [-0.2, 0) is 0 Å². The highest BCUT2D eigenvalue weighted by atomic mass is 19.4. The van der Waals surface area contributed by atoms with E-state index >= 15 is 0 Å². The van der Waals surface area contributed by atoms with Crippen molar-refractivity contribution >= 4 is 5.97 Å². The molecule has 2 aromatic heterocycles. The van der Waals surface area contributed by atoms with Crippen LogP contribution in [0.1, 0.15) is 37.2 Å². The molecule has 0 atom stereocenters. The molecule has 0 aliphatic rings. The lowest BCUT2D eigenvalue weighted by atomic mass is 10.1. The van der Waals surface area contributed by atoms with Crippen molar-refractivity contribution in [3.05, 3.63) is 35.7 Å². The van der Waals surface area contributed by atoms with Crippen molar-refractivity contribution in [2.24, 2.45) is 0 Å². The fourth-order valence-corrected chi connectivity index (χ4v) is 1.86. The quantitative estimate of drug-likeness (QED) is 0.900. The first-order valence-electron chi connectivity index (χ1n) is 6.67. The van der Waals surface area contributed by atoms with Gasteiger partial charge in [0.25, 0.3) is 0 Å². The van der Waals surface area contributed by atoms with Gasteiger partial charge < -0.3 is 14.8 Å². The summed E-state index contributed by atoms with van der Waals surface area (Å²) < 4.78 is 49.3. The van der Waals surface area contributed by atoms with E-state index in [-0.39, 0.29) is 22.6 Å². The van der Waals surface area contributed by atoms with Gasteiger partial charge >= 0.3 is 12.3 Å². The summed E-state index contributed by atoms with van der Waals surface area (Å²) in [5, 5.41) is 9.26. The highest BCUT2D eigenvalue weighted by Crippen LogP contribution is 2.34. The molecule has 2 aromatic rings. The Labute approximate surface area is 125 Å². The van der Waals surface area contributed by atoms with E-state index in [1.807, 2.05) is 0 Å². The van der Waals surface area contributed by atoms with Crippen LogP contribution in [0.4, 0.5) is 13.2 Å². The second-order valence-corrected chi connectivity index (χ2v) is 4.67. The summed E-state index contributed by atoms with van der Waals surface area (Å²) in [5.41, 5.74) is -0.495. The Bertz CT molecular complexity index is 736. The highest BCUT2D eigenvalue weighted by molar-refractivity contribution is 5.95. The van der Waals surface area contributed by atoms with Crippen molar-refractivity contribution in [3.63, 3.8) is 0 Å². The number of hydrogen-bond acceptors (Lipinski definition) is 3. The Morgan fingerprint density at radius 2 is 2.18 bits per heavy atom. The summed E-state index contributed by atoms with van der Waals surface area (Å²) in [4.78, 5) is 17.8. The molecule has 8 heteroatoms. The molecule has 2 rings (SSSR count). The number of H-pyrrole nitrogens is 1. The second-order valence-electron chi connectivity index (χ2n) is 4.67. The molecule has 118 valence electrons. The largest absolute Gasteiger partial charge is 0.573 e. The molecule has 0 aromatic carbocycles. The minimum Gasteiger partial charge on any atom is -0.478 e. The molecule has 0 aliphatic carbocycles. The Hall–Kier alpha value is -2.51. The third-order valence-corrected chi connectivity index (χ3v) is 2.82. The summed E-state index contributed by atoms with van der Waals surface area (Å²) in [5.74, 6) is -3.14. The summed E-state index contributed by atoms with van der Waals surface area (Å²) >= 11 is 0. The number of rotatable bonds is 4. The van der Waals surface area contributed by atoms with Gasteiger partial charge in [0, 0.05) is 13.3 Å². The standard InChI is InChI=1S/C14H13F3N2O3/c1-7(2)9-6-8(13(20)21)11(19-9)12-10(4-3-5-18-12)22-14(15,16)17/h3-7,19H,1-2H3,(H,20,21)/i7D. The lowest BCUT2D eigenvalue weighted by Gasteiger charge is -2.12. The number of alkyl halides is 3. The first-order valence-corrected chi connectivity index (χ1v) is 6.17. The van der Waals surface area contributed by atoms with Gasteiger partial charge in [0.05, 0.1) is 11.3 Å². The third kappa shape index (κ3) is 3.38. The SMILES string of the molecule is [2H]C(C)(C)c1cc(C(=O)O)c(-c2ncccc2OC(F)(F)F)[nH]1. The molecule has 0 radical (unpaired) electrons. The number of carbonyl (C=O) groups is 1. The first-order chi connectivity index (χ1) is 10.5. The van der Waals surface area contributed by atoms with Gasteiger partial charge in [-0.1, -0.05) is 13.8 Å². The predicted octanol–water partition coefficient (Wildman–Crippen LogP) is 3.80. The summed E-state index contributed by atoms with van der Waals surface area (Å²) in [6, 6.07) is 3.48. The molecular formula is C14H13F3N2O3. The zero-order valence-corrected chi connectivity index (χ0v) is 11.7. The van der Waals surface area contributed by atoms with E-state index < -0.39 is 24.0 Å². The summed E-state index contributed by atoms with van der Waals surface area (Å²) in [6.45, 7) is 3.03. The molecule has 0 bridgehead atoms. The van der Waals surface area contributed by atoms with E-state index in [1.165, 1.54) is 32.2 Å². The van der Waals surface area contributed by atoms with Gasteiger partial charge in [0.1, 0.15) is 5.69 Å². The smallest absolute Gasteiger partial charge is 0.478 e. The number of ether oxygens (including phenoxy) is 1. The fraction of sp³-hybridized carbons (Fsp3) is 0.286. The first kappa shape index (κ1) is 14.4. The molecule has 0 unspecified atom stereocenters. The lowest BCUT2D eigenvalue weighted by Crippen LogP contribution is -2.18. The minimum absolute atomic E-state index is 0.146. The van der Waals surface area contributed by atoms with Gasteiger partial charge in [-0.15, -0.1) is 13.2 Å². The topological polar surface area (TPSA) is 75.2 Å². The Balaban J connectivity index is 2.63. The van der Waals surface area contributed by atoms with Crippen molar-refractivity contribution in [3.8, 4) is 17.1 Å². The third-order valence-electron chi connectivity index (χ3n) is 2.82. The molecule has 0 amide bonds. The van der Waals surface area contributed by atoms with Crippen LogP contribution in [0.15, 0.2) is 24.4 Å². The van der Waals surface area contributed by atoms with Crippen LogP contribution in [0.25, 0.3) is 11.4 Å². The summed E-state index contributed by atoms with van der Waals surface area (Å²) in [6.07, 6.45) is -3.72. The van der Waals surface area contributed by atoms with Crippen molar-refractivity contribution in [1.29, 1.82) is 0 Å². The number of carboxylic acids is 1. The van der Waals surface area contributed by atoms with Gasteiger partial charge in [-0.2, -0.15) is 0 Å². The van der Waals surface area contributed by atoms with Crippen LogP contribution in [0.2, 0.25) is 0 Å². The van der Waals surface area contributed by atoms with E-state index in [0.29, 0.717) is 0 Å². The lowest BCUT2D eigenvalue weighted by molar-refractivity contribution is -0.274. The Morgan fingerprint density at radius 3 is 2.73 bits per heavy atom. The van der Waals surface area contributed by atoms with Crippen LogP contribution in [-0.4, -0.2) is 27.4 Å². The van der Waals surface area contributed by atoms with Gasteiger partial charge in [-0.3, -0.25) is 4.98 Å². The predicted molar refractivity (Wildman–Crippen MR) is 71.8 cm³/mol. The van der Waals surface area contributed by atoms with Crippen molar-refractivity contribution in [2.45, 2.75) is 26.1 Å². The Morgan fingerprint density at radius 1 is 1.50 bits per heavy atom. The average Bonchev–Trinajstić information content (AvgIpc) is 2.82. The van der Waals surface area contributed by atoms with Gasteiger partial charge in [-0.25, -0.2) is 4.79 Å². The fourth-order valence-electron chi connectivity index (χ4n) is 1.86. The molecular weight excluding hydrogens is 301 g/mol. The van der Waals surface area contributed by atoms with Crippen molar-refractivity contribution in [2.75, 3.05) is 0 Å². The molecule has 0 fully saturated rings. The van der Waals surface area contributed by atoms with Crippen molar-refractivity contribution < 1.29 is 29.2 Å². The second kappa shape index (κ2) is 5.70. The van der Waals surface area contributed by atoms with E-state index in [1.54, 1.807) is 0 Å². The van der Waals surface area contributed by atoms with Crippen LogP contribution < -0.4 is 4.74 Å². The average molecular weight is 315 g/mol. The number of halogens is 3. The maximum absolute atomic E-state index is 12.5. The number of aromatic amines is 1.